The van der Waals surface area contributed by atoms with E-state index in [9.17, 15) is 32.9 Å². The van der Waals surface area contributed by atoms with E-state index in [1.807, 2.05) is 0 Å². The number of hydrogen-bond acceptors (Lipinski definition) is 12. The first-order valence-electron chi connectivity index (χ1n) is 8.09. The molecule has 0 aromatic carbocycles. The van der Waals surface area contributed by atoms with Gasteiger partial charge in [0.15, 0.2) is 0 Å². The molecular formula is C11H22FN4O13P3. The molecule has 32 heavy (non-hydrogen) atoms. The van der Waals surface area contributed by atoms with Gasteiger partial charge in [-0.3, -0.25) is 9.09 Å². The number of halogens is 1. The van der Waals surface area contributed by atoms with Gasteiger partial charge < -0.3 is 40.9 Å². The van der Waals surface area contributed by atoms with Crippen LogP contribution in [0.15, 0.2) is 11.0 Å². The van der Waals surface area contributed by atoms with E-state index in [4.69, 9.17) is 30.9 Å². The van der Waals surface area contributed by atoms with Crippen LogP contribution in [0.1, 0.15) is 11.9 Å². The molecular weight excluding hydrogens is 508 g/mol. The summed E-state index contributed by atoms with van der Waals surface area (Å²) in [6.45, 7) is -0.683. The second kappa shape index (κ2) is 10.4. The molecule has 2 unspecified atom stereocenters. The summed E-state index contributed by atoms with van der Waals surface area (Å²) in [7, 11) is -16.2. The minimum Gasteiger partial charge on any atom is -0.385 e. The lowest BCUT2D eigenvalue weighted by atomic mass is 9.96. The molecule has 0 saturated heterocycles. The average molecular weight is 530 g/mol. The zero-order valence-electron chi connectivity index (χ0n) is 16.4. The highest BCUT2D eigenvalue weighted by molar-refractivity contribution is 7.66. The van der Waals surface area contributed by atoms with Crippen molar-refractivity contribution in [2.24, 2.45) is 5.73 Å². The normalized spacial score (nSPS) is 20.0. The van der Waals surface area contributed by atoms with E-state index >= 15 is 0 Å². The number of nitrogens with zero attached hydrogens (tertiary/aromatic N) is 2. The minimum absolute atomic E-state index is 0.170. The Hall–Kier alpha value is -1.10. The number of methoxy groups -OCH3 is 1. The van der Waals surface area contributed by atoms with Gasteiger partial charge in [0.2, 0.25) is 6.30 Å². The Bertz CT molecular complexity index is 1010. The number of hydrogen-bond donors (Lipinski definition) is 7. The van der Waals surface area contributed by atoms with Gasteiger partial charge in [0.1, 0.15) is 17.5 Å². The molecule has 186 valence electrons. The third kappa shape index (κ3) is 7.74. The molecule has 0 aliphatic carbocycles. The molecule has 0 aliphatic heterocycles. The Labute approximate surface area is 179 Å². The van der Waals surface area contributed by atoms with Gasteiger partial charge in [0.05, 0.1) is 6.61 Å². The van der Waals surface area contributed by atoms with E-state index in [2.05, 4.69) is 18.1 Å². The SMILES string of the molecule is CO[C@](CN)(COP(=O)(O)OP(=O)(O)OP(=O)(O)O)[C@@H](O)[C@@H](F)n1cc(C)c(N)nc1=O. The Kier molecular flexibility index (Phi) is 9.44. The quantitative estimate of drug-likeness (QED) is 0.154. The van der Waals surface area contributed by atoms with E-state index in [0.29, 0.717) is 4.57 Å². The zero-order valence-corrected chi connectivity index (χ0v) is 19.1. The van der Waals surface area contributed by atoms with Crippen LogP contribution < -0.4 is 17.2 Å². The van der Waals surface area contributed by atoms with Crippen molar-refractivity contribution in [3.63, 3.8) is 0 Å². The monoisotopic (exact) mass is 530 g/mol. The fourth-order valence-electron chi connectivity index (χ4n) is 2.18. The van der Waals surface area contributed by atoms with Gasteiger partial charge in [-0.1, -0.05) is 0 Å². The number of anilines is 1. The molecule has 21 heteroatoms. The summed E-state index contributed by atoms with van der Waals surface area (Å²) < 4.78 is 65.5. The first-order chi connectivity index (χ1) is 14.4. The second-order valence-electron chi connectivity index (χ2n) is 6.15. The summed E-state index contributed by atoms with van der Waals surface area (Å²) in [6, 6.07) is 0. The molecule has 1 rings (SSSR count). The fraction of sp³-hybridized carbons (Fsp3) is 0.636. The molecule has 0 amide bonds. The van der Waals surface area contributed by atoms with E-state index in [1.54, 1.807) is 0 Å². The molecule has 0 aliphatic rings. The minimum atomic E-state index is -5.82. The van der Waals surface area contributed by atoms with Gasteiger partial charge in [0, 0.05) is 25.4 Å². The van der Waals surface area contributed by atoms with Crippen LogP contribution in [-0.2, 0) is 31.6 Å². The van der Waals surface area contributed by atoms with Crippen molar-refractivity contribution in [3.05, 3.63) is 22.2 Å². The van der Waals surface area contributed by atoms with Crippen LogP contribution in [0, 0.1) is 6.92 Å². The van der Waals surface area contributed by atoms with Gasteiger partial charge in [-0.15, -0.1) is 0 Å². The summed E-state index contributed by atoms with van der Waals surface area (Å²) in [6.07, 6.45) is -4.02. The number of nitrogen functional groups attached to an aromatic ring is 1. The number of aliphatic hydroxyl groups is 1. The maximum Gasteiger partial charge on any atom is 0.490 e. The van der Waals surface area contributed by atoms with Crippen LogP contribution in [-0.4, -0.2) is 66.2 Å². The zero-order chi connectivity index (χ0) is 25.1. The highest BCUT2D eigenvalue weighted by Crippen LogP contribution is 2.66. The van der Waals surface area contributed by atoms with Crippen LogP contribution >= 0.6 is 23.5 Å². The lowest BCUT2D eigenvalue weighted by Gasteiger charge is -2.37. The van der Waals surface area contributed by atoms with Crippen LogP contribution in [0.3, 0.4) is 0 Å². The van der Waals surface area contributed by atoms with Crippen LogP contribution in [0.4, 0.5) is 10.2 Å². The maximum atomic E-state index is 14.9. The Balaban J connectivity index is 3.12. The molecule has 0 fully saturated rings. The number of aliphatic hydroxyl groups excluding tert-OH is 1. The summed E-state index contributed by atoms with van der Waals surface area (Å²) in [4.78, 5) is 50.9. The Morgan fingerprint density at radius 1 is 1.22 bits per heavy atom. The molecule has 0 saturated carbocycles. The van der Waals surface area contributed by atoms with Gasteiger partial charge in [-0.25, -0.2) is 22.9 Å². The van der Waals surface area contributed by atoms with Crippen LogP contribution in [0.2, 0.25) is 0 Å². The van der Waals surface area contributed by atoms with E-state index in [1.165, 1.54) is 6.92 Å². The number of phosphoric acid groups is 3. The third-order valence-electron chi connectivity index (χ3n) is 3.88. The third-order valence-corrected chi connectivity index (χ3v) is 7.66. The molecule has 0 spiro atoms. The number of rotatable bonds is 12. The standard InChI is InChI=1S/C11H22FN4O13P3/c1-6-3-16(10(18)15-9(6)14)8(12)7(17)11(4-13,26-2)5-27-31(22,23)29-32(24,25)28-30(19,20)21/h3,7-8,17H,4-5,13H2,1-2H3,(H,22,23)(H,24,25)(H2,14,15,18)(H2,19,20,21)/t7-,8-,11+/m0/s1. The summed E-state index contributed by atoms with van der Waals surface area (Å²) in [5.74, 6) is -0.197. The van der Waals surface area contributed by atoms with Gasteiger partial charge >= 0.3 is 29.2 Å². The summed E-state index contributed by atoms with van der Waals surface area (Å²) in [5, 5.41) is 10.4. The average Bonchev–Trinajstić information content (AvgIpc) is 2.62. The fourth-order valence-corrected chi connectivity index (χ4v) is 5.26. The Morgan fingerprint density at radius 3 is 2.25 bits per heavy atom. The number of alkyl halides is 1. The number of aryl methyl sites for hydroxylation is 1. The first-order valence-corrected chi connectivity index (χ1v) is 12.6. The van der Waals surface area contributed by atoms with Crippen molar-refractivity contribution in [2.45, 2.75) is 24.9 Å². The van der Waals surface area contributed by atoms with Gasteiger partial charge in [-0.05, 0) is 6.92 Å². The largest absolute Gasteiger partial charge is 0.490 e. The molecule has 1 aromatic rings. The van der Waals surface area contributed by atoms with Crippen molar-refractivity contribution in [3.8, 4) is 0 Å². The first kappa shape index (κ1) is 28.9. The van der Waals surface area contributed by atoms with Gasteiger partial charge in [0.25, 0.3) is 0 Å². The van der Waals surface area contributed by atoms with Crippen LogP contribution in [0.25, 0.3) is 0 Å². The van der Waals surface area contributed by atoms with Crippen LogP contribution in [0.5, 0.6) is 0 Å². The smallest absolute Gasteiger partial charge is 0.385 e. The molecule has 0 radical (unpaired) electrons. The van der Waals surface area contributed by atoms with Crippen molar-refractivity contribution >= 4 is 29.3 Å². The lowest BCUT2D eigenvalue weighted by Crippen LogP contribution is -2.56. The predicted molar refractivity (Wildman–Crippen MR) is 102 cm³/mol. The van der Waals surface area contributed by atoms with Crippen molar-refractivity contribution < 1.29 is 60.6 Å². The Morgan fingerprint density at radius 2 is 1.78 bits per heavy atom. The van der Waals surface area contributed by atoms with E-state index in [0.717, 1.165) is 13.3 Å². The number of phosphoric ester groups is 1. The second-order valence-corrected chi connectivity index (χ2v) is 10.6. The number of aromatic nitrogens is 2. The van der Waals surface area contributed by atoms with E-state index in [-0.39, 0.29) is 11.4 Å². The molecule has 5 atom stereocenters. The topological polar surface area (TPSA) is 276 Å². The number of ether oxygens (including phenoxy) is 1. The maximum absolute atomic E-state index is 14.9. The highest BCUT2D eigenvalue weighted by atomic mass is 31.3. The number of nitrogens with two attached hydrogens (primary N) is 2. The van der Waals surface area contributed by atoms with Gasteiger partial charge in [-0.2, -0.15) is 13.6 Å². The van der Waals surface area contributed by atoms with E-state index < -0.39 is 60.3 Å². The predicted octanol–water partition coefficient (Wildman–Crippen LogP) is -1.35. The molecule has 1 heterocycles. The molecule has 1 aromatic heterocycles. The summed E-state index contributed by atoms with van der Waals surface area (Å²) >= 11 is 0. The highest BCUT2D eigenvalue weighted by Gasteiger charge is 2.47. The molecule has 17 nitrogen and oxygen atoms in total. The van der Waals surface area contributed by atoms with Crippen molar-refractivity contribution in [2.75, 3.05) is 26.0 Å². The summed E-state index contributed by atoms with van der Waals surface area (Å²) in [5.41, 5.74) is 7.53. The lowest BCUT2D eigenvalue weighted by molar-refractivity contribution is -0.156. The van der Waals surface area contributed by atoms with Crippen molar-refractivity contribution in [1.82, 2.24) is 9.55 Å². The molecule has 0 bridgehead atoms. The molecule has 9 N–H and O–H groups in total. The van der Waals surface area contributed by atoms with Crippen molar-refractivity contribution in [1.29, 1.82) is 0 Å².